The molecule has 2 rings (SSSR count). The SMILES string of the molecule is O=c1[nH]cc(CO)cc1NC1=NCCN1. The number of aromatic amines is 1. The Balaban J connectivity index is 2.22. The lowest BCUT2D eigenvalue weighted by Crippen LogP contribution is -2.29. The smallest absolute Gasteiger partial charge is 0.271 e. The van der Waals surface area contributed by atoms with Crippen molar-refractivity contribution in [1.29, 1.82) is 0 Å². The average Bonchev–Trinajstić information content (AvgIpc) is 2.74. The van der Waals surface area contributed by atoms with Crippen LogP contribution in [0.25, 0.3) is 0 Å². The molecule has 80 valence electrons. The number of aliphatic imine (C=N–C) groups is 1. The number of aliphatic hydroxyl groups excluding tert-OH is 1. The van der Waals surface area contributed by atoms with E-state index in [1.54, 1.807) is 6.07 Å². The van der Waals surface area contributed by atoms with E-state index in [-0.39, 0.29) is 12.2 Å². The summed E-state index contributed by atoms with van der Waals surface area (Å²) in [5, 5.41) is 14.8. The van der Waals surface area contributed by atoms with Crippen molar-refractivity contribution in [3.8, 4) is 0 Å². The highest BCUT2D eigenvalue weighted by Gasteiger charge is 2.07. The fourth-order valence-electron chi connectivity index (χ4n) is 1.32. The highest BCUT2D eigenvalue weighted by molar-refractivity contribution is 5.94. The maximum atomic E-state index is 11.4. The molecule has 6 nitrogen and oxygen atoms in total. The number of anilines is 1. The summed E-state index contributed by atoms with van der Waals surface area (Å²) in [4.78, 5) is 18.0. The quantitative estimate of drug-likeness (QED) is 0.514. The number of H-pyrrole nitrogens is 1. The van der Waals surface area contributed by atoms with Crippen molar-refractivity contribution in [2.24, 2.45) is 4.99 Å². The van der Waals surface area contributed by atoms with Gasteiger partial charge in [0.1, 0.15) is 5.69 Å². The summed E-state index contributed by atoms with van der Waals surface area (Å²) >= 11 is 0. The molecule has 0 saturated heterocycles. The van der Waals surface area contributed by atoms with Crippen molar-refractivity contribution < 1.29 is 5.11 Å². The number of nitrogens with one attached hydrogen (secondary N) is 3. The molecule has 0 bridgehead atoms. The number of nitrogens with zero attached hydrogens (tertiary/aromatic N) is 1. The molecule has 1 aromatic rings. The molecule has 0 spiro atoms. The molecule has 1 aliphatic rings. The van der Waals surface area contributed by atoms with Crippen LogP contribution in [0.4, 0.5) is 5.69 Å². The Morgan fingerprint density at radius 2 is 2.47 bits per heavy atom. The zero-order valence-corrected chi connectivity index (χ0v) is 8.08. The van der Waals surface area contributed by atoms with Gasteiger partial charge >= 0.3 is 0 Å². The number of guanidine groups is 1. The average molecular weight is 208 g/mol. The predicted octanol–water partition coefficient (Wildman–Crippen LogP) is -0.762. The summed E-state index contributed by atoms with van der Waals surface area (Å²) in [5.41, 5.74) is 0.800. The topological polar surface area (TPSA) is 89.5 Å². The van der Waals surface area contributed by atoms with E-state index in [4.69, 9.17) is 5.11 Å². The lowest BCUT2D eigenvalue weighted by molar-refractivity contribution is 0.281. The fraction of sp³-hybridized carbons (Fsp3) is 0.333. The summed E-state index contributed by atoms with van der Waals surface area (Å²) in [6, 6.07) is 1.60. The minimum Gasteiger partial charge on any atom is -0.392 e. The van der Waals surface area contributed by atoms with Gasteiger partial charge in [-0.25, -0.2) is 0 Å². The van der Waals surface area contributed by atoms with E-state index in [1.165, 1.54) is 6.20 Å². The van der Waals surface area contributed by atoms with Crippen LogP contribution in [0, 0.1) is 0 Å². The molecule has 2 heterocycles. The first-order valence-electron chi connectivity index (χ1n) is 4.67. The Kier molecular flexibility index (Phi) is 2.68. The summed E-state index contributed by atoms with van der Waals surface area (Å²) in [6.07, 6.45) is 1.48. The highest BCUT2D eigenvalue weighted by atomic mass is 16.3. The van der Waals surface area contributed by atoms with E-state index < -0.39 is 0 Å². The normalized spacial score (nSPS) is 14.6. The number of aromatic nitrogens is 1. The molecule has 0 unspecified atom stereocenters. The Bertz CT molecular complexity index is 438. The summed E-state index contributed by atoms with van der Waals surface area (Å²) < 4.78 is 0. The van der Waals surface area contributed by atoms with Crippen molar-refractivity contribution in [3.63, 3.8) is 0 Å². The van der Waals surface area contributed by atoms with E-state index in [2.05, 4.69) is 20.6 Å². The van der Waals surface area contributed by atoms with Gasteiger partial charge in [-0.15, -0.1) is 0 Å². The first-order valence-corrected chi connectivity index (χ1v) is 4.67. The molecule has 0 amide bonds. The molecule has 6 heteroatoms. The number of hydrogen-bond acceptors (Lipinski definition) is 5. The fourth-order valence-corrected chi connectivity index (χ4v) is 1.32. The van der Waals surface area contributed by atoms with Crippen molar-refractivity contribution in [1.82, 2.24) is 10.3 Å². The predicted molar refractivity (Wildman–Crippen MR) is 56.9 cm³/mol. The van der Waals surface area contributed by atoms with Crippen LogP contribution in [-0.2, 0) is 6.61 Å². The van der Waals surface area contributed by atoms with E-state index >= 15 is 0 Å². The Morgan fingerprint density at radius 1 is 1.60 bits per heavy atom. The molecule has 15 heavy (non-hydrogen) atoms. The maximum Gasteiger partial charge on any atom is 0.271 e. The van der Waals surface area contributed by atoms with E-state index in [0.717, 1.165) is 6.54 Å². The third kappa shape index (κ3) is 2.16. The third-order valence-corrected chi connectivity index (χ3v) is 2.07. The van der Waals surface area contributed by atoms with Crippen LogP contribution >= 0.6 is 0 Å². The van der Waals surface area contributed by atoms with Gasteiger partial charge in [0.15, 0.2) is 5.96 Å². The third-order valence-electron chi connectivity index (χ3n) is 2.07. The minimum absolute atomic E-state index is 0.106. The van der Waals surface area contributed by atoms with Gasteiger partial charge in [-0.1, -0.05) is 0 Å². The minimum atomic E-state index is -0.233. The first-order chi connectivity index (χ1) is 7.29. The monoisotopic (exact) mass is 208 g/mol. The van der Waals surface area contributed by atoms with Gasteiger partial charge in [-0.3, -0.25) is 9.79 Å². The van der Waals surface area contributed by atoms with Gasteiger partial charge in [0.05, 0.1) is 13.2 Å². The van der Waals surface area contributed by atoms with Crippen molar-refractivity contribution in [3.05, 3.63) is 28.2 Å². The maximum absolute atomic E-state index is 11.4. The van der Waals surface area contributed by atoms with Crippen molar-refractivity contribution >= 4 is 11.6 Å². The van der Waals surface area contributed by atoms with Gasteiger partial charge < -0.3 is 20.7 Å². The van der Waals surface area contributed by atoms with Gasteiger partial charge in [0.25, 0.3) is 5.56 Å². The van der Waals surface area contributed by atoms with Crippen LogP contribution in [0.1, 0.15) is 5.56 Å². The Morgan fingerprint density at radius 3 is 3.13 bits per heavy atom. The summed E-state index contributed by atoms with van der Waals surface area (Å²) in [7, 11) is 0. The number of rotatable bonds is 2. The largest absolute Gasteiger partial charge is 0.392 e. The summed E-state index contributed by atoms with van der Waals surface area (Å²) in [6.45, 7) is 1.38. The lowest BCUT2D eigenvalue weighted by atomic mass is 10.3. The zero-order valence-electron chi connectivity index (χ0n) is 8.08. The van der Waals surface area contributed by atoms with Gasteiger partial charge in [-0.2, -0.15) is 0 Å². The first kappa shape index (κ1) is 9.72. The van der Waals surface area contributed by atoms with Crippen molar-refractivity contribution in [2.45, 2.75) is 6.61 Å². The second kappa shape index (κ2) is 4.14. The number of hydrogen-bond donors (Lipinski definition) is 4. The molecule has 0 atom stereocenters. The molecule has 0 aromatic carbocycles. The molecule has 1 aromatic heterocycles. The van der Waals surface area contributed by atoms with Crippen LogP contribution in [0.5, 0.6) is 0 Å². The van der Waals surface area contributed by atoms with E-state index in [9.17, 15) is 4.79 Å². The number of pyridine rings is 1. The zero-order chi connectivity index (χ0) is 10.7. The molecule has 0 radical (unpaired) electrons. The van der Waals surface area contributed by atoms with Crippen LogP contribution in [0.2, 0.25) is 0 Å². The molecular weight excluding hydrogens is 196 g/mol. The molecule has 4 N–H and O–H groups in total. The summed E-state index contributed by atoms with van der Waals surface area (Å²) in [5.74, 6) is 0.593. The van der Waals surface area contributed by atoms with Crippen LogP contribution in [0.3, 0.4) is 0 Å². The second-order valence-electron chi connectivity index (χ2n) is 3.19. The van der Waals surface area contributed by atoms with E-state index in [0.29, 0.717) is 23.8 Å². The van der Waals surface area contributed by atoms with Gasteiger partial charge in [0, 0.05) is 12.7 Å². The molecule has 0 fully saturated rings. The highest BCUT2D eigenvalue weighted by Crippen LogP contribution is 2.03. The van der Waals surface area contributed by atoms with Crippen molar-refractivity contribution in [2.75, 3.05) is 18.4 Å². The van der Waals surface area contributed by atoms with Gasteiger partial charge in [0.2, 0.25) is 0 Å². The standard InChI is InChI=1S/C9H12N4O2/c14-5-6-3-7(8(15)12-4-6)13-9-10-1-2-11-9/h3-4,14H,1-2,5H2,(H,12,15)(H2,10,11,13). The van der Waals surface area contributed by atoms with Gasteiger partial charge in [-0.05, 0) is 11.6 Å². The number of aliphatic hydroxyl groups is 1. The Hall–Kier alpha value is -1.82. The molecule has 0 saturated carbocycles. The van der Waals surface area contributed by atoms with Crippen LogP contribution in [-0.4, -0.2) is 29.1 Å². The van der Waals surface area contributed by atoms with Crippen LogP contribution < -0.4 is 16.2 Å². The second-order valence-corrected chi connectivity index (χ2v) is 3.19. The molecular formula is C9H12N4O2. The van der Waals surface area contributed by atoms with E-state index in [1.807, 2.05) is 0 Å². The Labute approximate surface area is 86.1 Å². The van der Waals surface area contributed by atoms with Crippen LogP contribution in [0.15, 0.2) is 22.1 Å². The molecule has 1 aliphatic heterocycles. The lowest BCUT2D eigenvalue weighted by Gasteiger charge is -2.06. The molecule has 0 aliphatic carbocycles.